The van der Waals surface area contributed by atoms with E-state index in [0.717, 1.165) is 23.3 Å². The Labute approximate surface area is 168 Å². The van der Waals surface area contributed by atoms with Gasteiger partial charge in [0.05, 0.1) is 11.0 Å². The molecule has 2 aromatic heterocycles. The van der Waals surface area contributed by atoms with Crippen molar-refractivity contribution >= 4 is 39.4 Å². The highest BCUT2D eigenvalue weighted by molar-refractivity contribution is 6.31. The summed E-state index contributed by atoms with van der Waals surface area (Å²) in [6.45, 7) is 4.13. The second-order valence-electron chi connectivity index (χ2n) is 7.33. The van der Waals surface area contributed by atoms with Crippen molar-refractivity contribution in [3.63, 3.8) is 0 Å². The molecule has 6 heteroatoms. The second-order valence-corrected chi connectivity index (χ2v) is 7.77. The van der Waals surface area contributed by atoms with Crippen molar-refractivity contribution in [1.29, 1.82) is 0 Å². The largest absolute Gasteiger partial charge is 0.361 e. The molecule has 0 fully saturated rings. The van der Waals surface area contributed by atoms with Crippen molar-refractivity contribution in [2.75, 3.05) is 0 Å². The fourth-order valence-electron chi connectivity index (χ4n) is 3.65. The number of carbonyl (C=O) groups is 1. The van der Waals surface area contributed by atoms with E-state index in [1.165, 1.54) is 22.0 Å². The van der Waals surface area contributed by atoms with Crippen LogP contribution in [-0.4, -0.2) is 26.9 Å². The molecule has 3 N–H and O–H groups in total. The van der Waals surface area contributed by atoms with Gasteiger partial charge in [-0.15, -0.1) is 0 Å². The van der Waals surface area contributed by atoms with Gasteiger partial charge in [-0.05, 0) is 49.6 Å². The number of halogens is 1. The molecular weight excluding hydrogens is 372 g/mol. The standard InChI is InChI=1S/C22H23ClN4O/c1-13-4-3-5-17-15(12-24-22(13)17)10-14(2)25-21(28)9-8-20-26-18-7-6-16(23)11-19(18)27-20/h3-7,11-12,14,24H,8-10H2,1-2H3,(H,25,28)(H,26,27). The predicted octanol–water partition coefficient (Wildman–Crippen LogP) is 4.69. The summed E-state index contributed by atoms with van der Waals surface area (Å²) in [5.41, 5.74) is 5.38. The minimum atomic E-state index is 0.0296. The van der Waals surface area contributed by atoms with Crippen molar-refractivity contribution in [3.8, 4) is 0 Å². The second kappa shape index (κ2) is 7.68. The number of benzene rings is 2. The van der Waals surface area contributed by atoms with Crippen molar-refractivity contribution < 1.29 is 4.79 Å². The molecule has 4 rings (SSSR count). The van der Waals surface area contributed by atoms with E-state index in [4.69, 9.17) is 11.6 Å². The van der Waals surface area contributed by atoms with Gasteiger partial charge in [-0.3, -0.25) is 4.79 Å². The van der Waals surface area contributed by atoms with Crippen molar-refractivity contribution in [3.05, 3.63) is 64.6 Å². The average molecular weight is 395 g/mol. The summed E-state index contributed by atoms with van der Waals surface area (Å²) in [5.74, 6) is 0.828. The molecule has 0 aliphatic heterocycles. The van der Waals surface area contributed by atoms with E-state index in [0.29, 0.717) is 17.9 Å². The van der Waals surface area contributed by atoms with Crippen LogP contribution in [-0.2, 0) is 17.6 Å². The van der Waals surface area contributed by atoms with Gasteiger partial charge in [0.25, 0.3) is 0 Å². The number of para-hydroxylation sites is 1. The molecule has 1 atom stereocenters. The third-order valence-corrected chi connectivity index (χ3v) is 5.26. The fourth-order valence-corrected chi connectivity index (χ4v) is 3.82. The maximum atomic E-state index is 12.4. The third kappa shape index (κ3) is 3.90. The Bertz CT molecular complexity index is 1140. The number of hydrogen-bond acceptors (Lipinski definition) is 2. The van der Waals surface area contributed by atoms with E-state index in [2.05, 4.69) is 45.4 Å². The fraction of sp³-hybridized carbons (Fsp3) is 0.273. The topological polar surface area (TPSA) is 73.6 Å². The Balaban J connectivity index is 1.34. The number of fused-ring (bicyclic) bond motifs is 2. The van der Waals surface area contributed by atoms with Crippen LogP contribution in [0.15, 0.2) is 42.6 Å². The van der Waals surface area contributed by atoms with E-state index in [-0.39, 0.29) is 11.9 Å². The number of aromatic amines is 2. The molecule has 5 nitrogen and oxygen atoms in total. The molecule has 0 saturated heterocycles. The molecule has 0 bridgehead atoms. The Hall–Kier alpha value is -2.79. The summed E-state index contributed by atoms with van der Waals surface area (Å²) in [5, 5.41) is 4.99. The highest BCUT2D eigenvalue weighted by Crippen LogP contribution is 2.22. The summed E-state index contributed by atoms with van der Waals surface area (Å²) in [6.07, 6.45) is 3.79. The molecule has 2 heterocycles. The van der Waals surface area contributed by atoms with Crippen LogP contribution in [0.3, 0.4) is 0 Å². The first-order valence-electron chi connectivity index (χ1n) is 9.48. The van der Waals surface area contributed by atoms with Crippen LogP contribution in [0.25, 0.3) is 21.9 Å². The molecule has 0 radical (unpaired) electrons. The maximum Gasteiger partial charge on any atom is 0.220 e. The summed E-state index contributed by atoms with van der Waals surface area (Å²) < 4.78 is 0. The Kier molecular flexibility index (Phi) is 5.09. The van der Waals surface area contributed by atoms with Gasteiger partial charge in [0, 0.05) is 41.0 Å². The quantitative estimate of drug-likeness (QED) is 0.444. The zero-order valence-corrected chi connectivity index (χ0v) is 16.7. The van der Waals surface area contributed by atoms with E-state index < -0.39 is 0 Å². The lowest BCUT2D eigenvalue weighted by Gasteiger charge is -2.13. The van der Waals surface area contributed by atoms with Gasteiger partial charge in [0.2, 0.25) is 5.91 Å². The highest BCUT2D eigenvalue weighted by Gasteiger charge is 2.13. The van der Waals surface area contributed by atoms with Crippen LogP contribution in [0.2, 0.25) is 5.02 Å². The highest BCUT2D eigenvalue weighted by atomic mass is 35.5. The molecule has 1 amide bonds. The lowest BCUT2D eigenvalue weighted by atomic mass is 10.0. The first-order valence-corrected chi connectivity index (χ1v) is 9.86. The van der Waals surface area contributed by atoms with Gasteiger partial charge >= 0.3 is 0 Å². The lowest BCUT2D eigenvalue weighted by Crippen LogP contribution is -2.34. The zero-order chi connectivity index (χ0) is 19.7. The van der Waals surface area contributed by atoms with Gasteiger partial charge in [0.1, 0.15) is 5.82 Å². The van der Waals surface area contributed by atoms with Crippen LogP contribution >= 0.6 is 11.6 Å². The summed E-state index contributed by atoms with van der Waals surface area (Å²) in [7, 11) is 0. The van der Waals surface area contributed by atoms with Crippen LogP contribution in [0.5, 0.6) is 0 Å². The van der Waals surface area contributed by atoms with Crippen LogP contribution < -0.4 is 5.32 Å². The van der Waals surface area contributed by atoms with Crippen LogP contribution in [0, 0.1) is 6.92 Å². The molecule has 144 valence electrons. The Morgan fingerprint density at radius 1 is 1.29 bits per heavy atom. The first-order chi connectivity index (χ1) is 13.5. The molecule has 0 saturated carbocycles. The van der Waals surface area contributed by atoms with Crippen molar-refractivity contribution in [2.45, 2.75) is 39.2 Å². The normalized spacial score (nSPS) is 12.5. The van der Waals surface area contributed by atoms with Crippen LogP contribution in [0.4, 0.5) is 0 Å². The van der Waals surface area contributed by atoms with E-state index in [1.54, 1.807) is 0 Å². The van der Waals surface area contributed by atoms with Crippen molar-refractivity contribution in [1.82, 2.24) is 20.3 Å². The summed E-state index contributed by atoms with van der Waals surface area (Å²) >= 11 is 6.00. The number of carbonyl (C=O) groups excluding carboxylic acids is 1. The number of H-pyrrole nitrogens is 2. The van der Waals surface area contributed by atoms with E-state index >= 15 is 0 Å². The number of nitrogens with one attached hydrogen (secondary N) is 3. The first kappa shape index (κ1) is 18.6. The third-order valence-electron chi connectivity index (χ3n) is 5.02. The predicted molar refractivity (Wildman–Crippen MR) is 114 cm³/mol. The van der Waals surface area contributed by atoms with Gasteiger partial charge in [-0.2, -0.15) is 0 Å². The summed E-state index contributed by atoms with van der Waals surface area (Å²) in [6, 6.07) is 11.9. The molecular formula is C22H23ClN4O. The van der Waals surface area contributed by atoms with E-state index in [1.807, 2.05) is 31.3 Å². The number of amides is 1. The number of imidazole rings is 1. The molecule has 28 heavy (non-hydrogen) atoms. The SMILES string of the molecule is Cc1cccc2c(CC(C)NC(=O)CCc3nc4ccc(Cl)cc4[nH]3)c[nH]c12. The minimum Gasteiger partial charge on any atom is -0.361 e. The minimum absolute atomic E-state index is 0.0296. The number of rotatable bonds is 6. The van der Waals surface area contributed by atoms with Crippen LogP contribution in [0.1, 0.15) is 30.3 Å². The number of hydrogen-bond donors (Lipinski definition) is 3. The Morgan fingerprint density at radius 2 is 2.14 bits per heavy atom. The average Bonchev–Trinajstić information content (AvgIpc) is 3.24. The molecule has 0 spiro atoms. The number of nitrogens with zero attached hydrogens (tertiary/aromatic N) is 1. The summed E-state index contributed by atoms with van der Waals surface area (Å²) in [4.78, 5) is 23.4. The smallest absolute Gasteiger partial charge is 0.220 e. The van der Waals surface area contributed by atoms with Gasteiger partial charge < -0.3 is 15.3 Å². The van der Waals surface area contributed by atoms with Gasteiger partial charge in [-0.1, -0.05) is 29.8 Å². The molecule has 1 unspecified atom stereocenters. The van der Waals surface area contributed by atoms with E-state index in [9.17, 15) is 4.79 Å². The maximum absolute atomic E-state index is 12.4. The number of aromatic nitrogens is 3. The monoisotopic (exact) mass is 394 g/mol. The molecule has 4 aromatic rings. The molecule has 0 aliphatic carbocycles. The Morgan fingerprint density at radius 3 is 3.00 bits per heavy atom. The zero-order valence-electron chi connectivity index (χ0n) is 16.0. The molecule has 0 aliphatic rings. The molecule has 2 aromatic carbocycles. The van der Waals surface area contributed by atoms with Crippen molar-refractivity contribution in [2.24, 2.45) is 0 Å². The van der Waals surface area contributed by atoms with Gasteiger partial charge in [-0.25, -0.2) is 4.98 Å². The lowest BCUT2D eigenvalue weighted by molar-refractivity contribution is -0.121. The number of aryl methyl sites for hydroxylation is 2. The van der Waals surface area contributed by atoms with Gasteiger partial charge in [0.15, 0.2) is 0 Å².